The second-order valence-electron chi connectivity index (χ2n) is 4.86. The third-order valence-electron chi connectivity index (χ3n) is 3.23. The third kappa shape index (κ3) is 4.53. The van der Waals surface area contributed by atoms with E-state index >= 15 is 0 Å². The van der Waals surface area contributed by atoms with Crippen molar-refractivity contribution in [2.24, 2.45) is 0 Å². The molecule has 2 aromatic rings. The molecule has 1 aromatic heterocycles. The van der Waals surface area contributed by atoms with Crippen molar-refractivity contribution in [3.63, 3.8) is 0 Å². The second kappa shape index (κ2) is 7.89. The molecule has 2 amide bonds. The van der Waals surface area contributed by atoms with Gasteiger partial charge < -0.3 is 19.4 Å². The van der Waals surface area contributed by atoms with Gasteiger partial charge in [-0.3, -0.25) is 0 Å². The van der Waals surface area contributed by atoms with Gasteiger partial charge in [0.1, 0.15) is 11.5 Å². The quantitative estimate of drug-likeness (QED) is 0.851. The molecule has 2 rings (SSSR count). The Morgan fingerprint density at radius 2 is 2.09 bits per heavy atom. The van der Waals surface area contributed by atoms with Crippen molar-refractivity contribution in [3.05, 3.63) is 52.4 Å². The molecule has 0 atom stereocenters. The van der Waals surface area contributed by atoms with E-state index in [-0.39, 0.29) is 6.03 Å². The smallest absolute Gasteiger partial charge is 0.317 e. The fraction of sp³-hybridized carbons (Fsp3) is 0.312. The summed E-state index contributed by atoms with van der Waals surface area (Å²) in [5.41, 5.74) is 1.07. The van der Waals surface area contributed by atoms with Crippen LogP contribution in [0.4, 0.5) is 4.79 Å². The van der Waals surface area contributed by atoms with Crippen LogP contribution in [0.25, 0.3) is 0 Å². The van der Waals surface area contributed by atoms with Crippen molar-refractivity contribution < 1.29 is 13.9 Å². The summed E-state index contributed by atoms with van der Waals surface area (Å²) in [6.45, 7) is 0.970. The van der Waals surface area contributed by atoms with Crippen LogP contribution in [0, 0.1) is 0 Å². The lowest BCUT2D eigenvalue weighted by molar-refractivity contribution is 0.203. The zero-order valence-corrected chi connectivity index (χ0v) is 14.2. The monoisotopic (exact) mass is 366 g/mol. The molecule has 0 fully saturated rings. The molecule has 6 heteroatoms. The number of hydrogen-bond donors (Lipinski definition) is 1. The minimum Gasteiger partial charge on any atom is -0.496 e. The molecule has 0 radical (unpaired) electrons. The number of urea groups is 1. The van der Waals surface area contributed by atoms with Crippen LogP contribution in [0.3, 0.4) is 0 Å². The van der Waals surface area contributed by atoms with Crippen LogP contribution in [0.5, 0.6) is 5.75 Å². The number of nitrogens with one attached hydrogen (secondary N) is 1. The van der Waals surface area contributed by atoms with Crippen molar-refractivity contribution in [1.82, 2.24) is 10.2 Å². The average molecular weight is 367 g/mol. The molecule has 0 aliphatic heterocycles. The Kier molecular flexibility index (Phi) is 5.89. The lowest BCUT2D eigenvalue weighted by atomic mass is 10.1. The van der Waals surface area contributed by atoms with Crippen molar-refractivity contribution >= 4 is 22.0 Å². The lowest BCUT2D eigenvalue weighted by Crippen LogP contribution is -2.37. The number of nitrogens with zero attached hydrogens (tertiary/aromatic N) is 1. The van der Waals surface area contributed by atoms with Crippen molar-refractivity contribution in [1.29, 1.82) is 0 Å². The van der Waals surface area contributed by atoms with Crippen LogP contribution in [0.1, 0.15) is 11.3 Å². The van der Waals surface area contributed by atoms with Crippen LogP contribution >= 0.6 is 15.9 Å². The van der Waals surface area contributed by atoms with E-state index < -0.39 is 0 Å². The SMILES string of the molecule is COc1ccccc1CCNC(=O)N(C)Cc1ccc(Br)o1. The van der Waals surface area contributed by atoms with Gasteiger partial charge >= 0.3 is 6.03 Å². The molecule has 22 heavy (non-hydrogen) atoms. The lowest BCUT2D eigenvalue weighted by Gasteiger charge is -2.17. The van der Waals surface area contributed by atoms with Gasteiger partial charge in [0.2, 0.25) is 0 Å². The minimum atomic E-state index is -0.137. The predicted octanol–water partition coefficient (Wildman–Crippen LogP) is 3.43. The highest BCUT2D eigenvalue weighted by molar-refractivity contribution is 9.10. The first-order valence-corrected chi connectivity index (χ1v) is 7.74. The molecule has 0 spiro atoms. The maximum atomic E-state index is 12.0. The summed E-state index contributed by atoms with van der Waals surface area (Å²) in [4.78, 5) is 13.6. The van der Waals surface area contributed by atoms with Gasteiger partial charge in [0, 0.05) is 13.6 Å². The summed E-state index contributed by atoms with van der Waals surface area (Å²) in [7, 11) is 3.38. The molecule has 0 saturated carbocycles. The Hall–Kier alpha value is -1.95. The number of benzene rings is 1. The van der Waals surface area contributed by atoms with Crippen LogP contribution < -0.4 is 10.1 Å². The van der Waals surface area contributed by atoms with Crippen LogP contribution in [0.2, 0.25) is 0 Å². The number of hydrogen-bond acceptors (Lipinski definition) is 3. The van der Waals surface area contributed by atoms with E-state index in [0.717, 1.165) is 23.5 Å². The van der Waals surface area contributed by atoms with E-state index in [1.165, 1.54) is 0 Å². The first kappa shape index (κ1) is 16.4. The number of ether oxygens (including phenoxy) is 1. The molecular weight excluding hydrogens is 348 g/mol. The highest BCUT2D eigenvalue weighted by Gasteiger charge is 2.11. The fourth-order valence-electron chi connectivity index (χ4n) is 2.09. The van der Waals surface area contributed by atoms with E-state index in [9.17, 15) is 4.79 Å². The van der Waals surface area contributed by atoms with E-state index in [2.05, 4.69) is 21.2 Å². The van der Waals surface area contributed by atoms with E-state index in [4.69, 9.17) is 9.15 Å². The van der Waals surface area contributed by atoms with E-state index in [1.807, 2.05) is 36.4 Å². The fourth-order valence-corrected chi connectivity index (χ4v) is 2.43. The van der Waals surface area contributed by atoms with Crippen LogP contribution in [-0.4, -0.2) is 31.6 Å². The highest BCUT2D eigenvalue weighted by atomic mass is 79.9. The zero-order chi connectivity index (χ0) is 15.9. The van der Waals surface area contributed by atoms with E-state index in [1.54, 1.807) is 19.1 Å². The second-order valence-corrected chi connectivity index (χ2v) is 5.64. The van der Waals surface area contributed by atoms with Gasteiger partial charge in [0.25, 0.3) is 0 Å². The molecule has 0 aliphatic rings. The van der Waals surface area contributed by atoms with Crippen LogP contribution in [0.15, 0.2) is 45.5 Å². The normalized spacial score (nSPS) is 10.3. The van der Waals surface area contributed by atoms with Crippen molar-refractivity contribution in [2.75, 3.05) is 20.7 Å². The number of carbonyl (C=O) groups is 1. The summed E-state index contributed by atoms with van der Waals surface area (Å²) in [5.74, 6) is 1.57. The van der Waals surface area contributed by atoms with Gasteiger partial charge in [-0.05, 0) is 46.1 Å². The van der Waals surface area contributed by atoms with Gasteiger partial charge in [0.05, 0.1) is 13.7 Å². The molecule has 1 aromatic carbocycles. The largest absolute Gasteiger partial charge is 0.496 e. The predicted molar refractivity (Wildman–Crippen MR) is 88.0 cm³/mol. The van der Waals surface area contributed by atoms with Gasteiger partial charge in [-0.15, -0.1) is 0 Å². The van der Waals surface area contributed by atoms with Gasteiger partial charge in [-0.2, -0.15) is 0 Å². The number of rotatable bonds is 6. The number of methoxy groups -OCH3 is 1. The topological polar surface area (TPSA) is 54.7 Å². The molecular formula is C16H19BrN2O3. The number of carbonyl (C=O) groups excluding carboxylic acids is 1. The molecule has 0 saturated heterocycles. The molecule has 5 nitrogen and oxygen atoms in total. The average Bonchev–Trinajstić information content (AvgIpc) is 2.92. The maximum Gasteiger partial charge on any atom is 0.317 e. The summed E-state index contributed by atoms with van der Waals surface area (Å²) in [5, 5.41) is 2.89. The van der Waals surface area contributed by atoms with Gasteiger partial charge in [-0.25, -0.2) is 4.79 Å². The standard InChI is InChI=1S/C16H19BrN2O3/c1-19(11-13-7-8-15(17)22-13)16(20)18-10-9-12-5-3-4-6-14(12)21-2/h3-8H,9-11H2,1-2H3,(H,18,20). The number of para-hydroxylation sites is 1. The summed E-state index contributed by atoms with van der Waals surface area (Å²) in [6.07, 6.45) is 0.718. The van der Waals surface area contributed by atoms with E-state index in [0.29, 0.717) is 17.8 Å². The Bertz CT molecular complexity index is 627. The molecule has 118 valence electrons. The Morgan fingerprint density at radius 3 is 2.77 bits per heavy atom. The molecule has 1 heterocycles. The summed E-state index contributed by atoms with van der Waals surface area (Å²) in [6, 6.07) is 11.3. The zero-order valence-electron chi connectivity index (χ0n) is 12.6. The highest BCUT2D eigenvalue weighted by Crippen LogP contribution is 2.17. The molecule has 0 aliphatic carbocycles. The molecule has 0 bridgehead atoms. The van der Waals surface area contributed by atoms with Crippen molar-refractivity contribution in [2.45, 2.75) is 13.0 Å². The summed E-state index contributed by atoms with van der Waals surface area (Å²) >= 11 is 3.24. The van der Waals surface area contributed by atoms with Crippen molar-refractivity contribution in [3.8, 4) is 5.75 Å². The number of amides is 2. The van der Waals surface area contributed by atoms with Gasteiger partial charge in [-0.1, -0.05) is 18.2 Å². The molecule has 0 unspecified atom stereocenters. The Balaban J connectivity index is 1.79. The Labute approximate surface area is 138 Å². The first-order chi connectivity index (χ1) is 10.6. The minimum absolute atomic E-state index is 0.137. The number of furan rings is 1. The first-order valence-electron chi connectivity index (χ1n) is 6.95. The third-order valence-corrected chi connectivity index (χ3v) is 3.66. The summed E-state index contributed by atoms with van der Waals surface area (Å²) < 4.78 is 11.3. The van der Waals surface area contributed by atoms with Crippen LogP contribution in [-0.2, 0) is 13.0 Å². The Morgan fingerprint density at radius 1 is 1.32 bits per heavy atom. The number of halogens is 1. The molecule has 1 N–H and O–H groups in total. The maximum absolute atomic E-state index is 12.0. The van der Waals surface area contributed by atoms with Gasteiger partial charge in [0.15, 0.2) is 4.67 Å².